The van der Waals surface area contributed by atoms with Gasteiger partial charge < -0.3 is 24.0 Å². The lowest BCUT2D eigenvalue weighted by atomic mass is 9.92. The zero-order chi connectivity index (χ0) is 20.8. The van der Waals surface area contributed by atoms with Crippen molar-refractivity contribution in [1.82, 2.24) is 9.80 Å². The minimum absolute atomic E-state index is 0.0710. The van der Waals surface area contributed by atoms with Gasteiger partial charge in [-0.3, -0.25) is 9.59 Å². The van der Waals surface area contributed by atoms with Gasteiger partial charge in [-0.1, -0.05) is 0 Å². The molecule has 29 heavy (non-hydrogen) atoms. The van der Waals surface area contributed by atoms with Crippen molar-refractivity contribution in [3.8, 4) is 17.2 Å². The van der Waals surface area contributed by atoms with Gasteiger partial charge in [0.1, 0.15) is 0 Å². The SMILES string of the molecule is COc1ccc(C(=O)N2CCCC(CCC(=O)N3CCCC3)C2)c(OC)c1OC. The lowest BCUT2D eigenvalue weighted by molar-refractivity contribution is -0.130. The first kappa shape index (κ1) is 21.3. The van der Waals surface area contributed by atoms with E-state index in [1.165, 1.54) is 14.2 Å². The van der Waals surface area contributed by atoms with E-state index in [0.717, 1.165) is 45.2 Å². The molecule has 1 aromatic carbocycles. The summed E-state index contributed by atoms with van der Waals surface area (Å²) in [6.07, 6.45) is 5.65. The van der Waals surface area contributed by atoms with Gasteiger partial charge in [-0.25, -0.2) is 0 Å². The monoisotopic (exact) mass is 404 g/mol. The molecule has 2 aliphatic heterocycles. The van der Waals surface area contributed by atoms with E-state index in [2.05, 4.69) is 0 Å². The Labute approximate surface area is 172 Å². The molecule has 0 spiro atoms. The average Bonchev–Trinajstić information content (AvgIpc) is 3.31. The topological polar surface area (TPSA) is 68.3 Å². The molecule has 0 radical (unpaired) electrons. The fraction of sp³-hybridized carbons (Fsp3) is 0.636. The van der Waals surface area contributed by atoms with Crippen LogP contribution in [0.5, 0.6) is 17.2 Å². The standard InChI is InChI=1S/C22H32N2O5/c1-27-18-10-9-17(20(28-2)21(18)29-3)22(26)24-14-6-7-16(15-24)8-11-19(25)23-12-4-5-13-23/h9-10,16H,4-8,11-15H2,1-3H3. The average molecular weight is 405 g/mol. The molecule has 7 heteroatoms. The molecular formula is C22H32N2O5. The molecule has 2 aliphatic rings. The number of rotatable bonds is 7. The molecule has 1 atom stereocenters. The largest absolute Gasteiger partial charge is 0.493 e. The van der Waals surface area contributed by atoms with Crippen molar-refractivity contribution < 1.29 is 23.8 Å². The van der Waals surface area contributed by atoms with Crippen LogP contribution in [0.4, 0.5) is 0 Å². The smallest absolute Gasteiger partial charge is 0.257 e. The van der Waals surface area contributed by atoms with Crippen LogP contribution in [0.2, 0.25) is 0 Å². The van der Waals surface area contributed by atoms with Crippen molar-refractivity contribution >= 4 is 11.8 Å². The van der Waals surface area contributed by atoms with E-state index in [9.17, 15) is 9.59 Å². The summed E-state index contributed by atoms with van der Waals surface area (Å²) in [7, 11) is 4.61. The van der Waals surface area contributed by atoms with Gasteiger partial charge in [-0.15, -0.1) is 0 Å². The fourth-order valence-corrected chi connectivity index (χ4v) is 4.38. The van der Waals surface area contributed by atoms with E-state index in [4.69, 9.17) is 14.2 Å². The molecular weight excluding hydrogens is 372 g/mol. The molecule has 2 saturated heterocycles. The Kier molecular flexibility index (Phi) is 7.23. The van der Waals surface area contributed by atoms with E-state index >= 15 is 0 Å². The summed E-state index contributed by atoms with van der Waals surface area (Å²) < 4.78 is 16.2. The number of amides is 2. The molecule has 2 heterocycles. The lowest BCUT2D eigenvalue weighted by Gasteiger charge is -2.33. The number of carbonyl (C=O) groups excluding carboxylic acids is 2. The molecule has 0 saturated carbocycles. The van der Waals surface area contributed by atoms with Crippen LogP contribution in [0.25, 0.3) is 0 Å². The van der Waals surface area contributed by atoms with Crippen LogP contribution in [-0.4, -0.2) is 69.1 Å². The predicted octanol–water partition coefficient (Wildman–Crippen LogP) is 2.97. The molecule has 0 bridgehead atoms. The van der Waals surface area contributed by atoms with Gasteiger partial charge in [0.05, 0.1) is 26.9 Å². The van der Waals surface area contributed by atoms with Gasteiger partial charge in [-0.05, 0) is 50.2 Å². The maximum absolute atomic E-state index is 13.2. The fourth-order valence-electron chi connectivity index (χ4n) is 4.38. The molecule has 3 rings (SSSR count). The van der Waals surface area contributed by atoms with E-state index in [0.29, 0.717) is 48.2 Å². The van der Waals surface area contributed by atoms with Crippen molar-refractivity contribution in [2.75, 3.05) is 47.5 Å². The van der Waals surface area contributed by atoms with Crippen molar-refractivity contribution in [2.45, 2.75) is 38.5 Å². The summed E-state index contributed by atoms with van der Waals surface area (Å²) in [5, 5.41) is 0. The van der Waals surface area contributed by atoms with Crippen molar-refractivity contribution in [3.05, 3.63) is 17.7 Å². The van der Waals surface area contributed by atoms with Crippen LogP contribution in [0.1, 0.15) is 48.9 Å². The number of hydrogen-bond donors (Lipinski definition) is 0. The summed E-state index contributed by atoms with van der Waals surface area (Å²) in [4.78, 5) is 29.4. The molecule has 7 nitrogen and oxygen atoms in total. The van der Waals surface area contributed by atoms with Crippen LogP contribution in [0.3, 0.4) is 0 Å². The number of piperidine rings is 1. The number of nitrogens with zero attached hydrogens (tertiary/aromatic N) is 2. The van der Waals surface area contributed by atoms with Gasteiger partial charge in [0.2, 0.25) is 11.7 Å². The van der Waals surface area contributed by atoms with E-state index < -0.39 is 0 Å². The minimum atomic E-state index is -0.0710. The quantitative estimate of drug-likeness (QED) is 0.699. The Balaban J connectivity index is 1.65. The number of ether oxygens (including phenoxy) is 3. The highest BCUT2D eigenvalue weighted by Gasteiger charge is 2.29. The Morgan fingerprint density at radius 3 is 2.28 bits per heavy atom. The number of methoxy groups -OCH3 is 3. The number of likely N-dealkylation sites (tertiary alicyclic amines) is 2. The van der Waals surface area contributed by atoms with Gasteiger partial charge >= 0.3 is 0 Å². The van der Waals surface area contributed by atoms with Crippen molar-refractivity contribution in [2.24, 2.45) is 5.92 Å². The van der Waals surface area contributed by atoms with E-state index in [1.54, 1.807) is 19.2 Å². The first-order valence-electron chi connectivity index (χ1n) is 10.4. The first-order chi connectivity index (χ1) is 14.1. The Morgan fingerprint density at radius 2 is 1.62 bits per heavy atom. The Bertz CT molecular complexity index is 730. The van der Waals surface area contributed by atoms with Gasteiger partial charge in [-0.2, -0.15) is 0 Å². The summed E-state index contributed by atoms with van der Waals surface area (Å²) in [5.41, 5.74) is 0.471. The molecule has 0 N–H and O–H groups in total. The van der Waals surface area contributed by atoms with Crippen molar-refractivity contribution in [3.63, 3.8) is 0 Å². The Morgan fingerprint density at radius 1 is 0.931 bits per heavy atom. The second kappa shape index (κ2) is 9.85. The van der Waals surface area contributed by atoms with E-state index in [1.807, 2.05) is 9.80 Å². The maximum atomic E-state index is 13.2. The van der Waals surface area contributed by atoms with Crippen LogP contribution in [0, 0.1) is 5.92 Å². The maximum Gasteiger partial charge on any atom is 0.257 e. The predicted molar refractivity (Wildman–Crippen MR) is 110 cm³/mol. The van der Waals surface area contributed by atoms with Crippen LogP contribution in [-0.2, 0) is 4.79 Å². The molecule has 0 aromatic heterocycles. The van der Waals surface area contributed by atoms with Gasteiger partial charge in [0.25, 0.3) is 5.91 Å². The summed E-state index contributed by atoms with van der Waals surface area (Å²) in [6.45, 7) is 3.18. The summed E-state index contributed by atoms with van der Waals surface area (Å²) in [5.74, 6) is 1.88. The number of carbonyl (C=O) groups is 2. The van der Waals surface area contributed by atoms with Crippen molar-refractivity contribution in [1.29, 1.82) is 0 Å². The second-order valence-corrected chi connectivity index (χ2v) is 7.77. The minimum Gasteiger partial charge on any atom is -0.493 e. The molecule has 0 aliphatic carbocycles. The van der Waals surface area contributed by atoms with E-state index in [-0.39, 0.29) is 11.8 Å². The second-order valence-electron chi connectivity index (χ2n) is 7.77. The molecule has 1 unspecified atom stereocenters. The zero-order valence-corrected chi connectivity index (χ0v) is 17.7. The number of benzene rings is 1. The molecule has 1 aromatic rings. The van der Waals surface area contributed by atoms with Gasteiger partial charge in [0.15, 0.2) is 11.5 Å². The third-order valence-electron chi connectivity index (χ3n) is 5.97. The highest BCUT2D eigenvalue weighted by atomic mass is 16.5. The Hall–Kier alpha value is -2.44. The highest BCUT2D eigenvalue weighted by molar-refractivity contribution is 5.98. The normalized spacial score (nSPS) is 19.2. The van der Waals surface area contributed by atoms with Gasteiger partial charge in [0, 0.05) is 32.6 Å². The third kappa shape index (κ3) is 4.77. The van der Waals surface area contributed by atoms with Crippen LogP contribution < -0.4 is 14.2 Å². The third-order valence-corrected chi connectivity index (χ3v) is 5.97. The first-order valence-corrected chi connectivity index (χ1v) is 10.4. The van der Waals surface area contributed by atoms with Crippen LogP contribution >= 0.6 is 0 Å². The number of hydrogen-bond acceptors (Lipinski definition) is 5. The lowest BCUT2D eigenvalue weighted by Crippen LogP contribution is -2.40. The summed E-state index contributed by atoms with van der Waals surface area (Å²) >= 11 is 0. The molecule has 160 valence electrons. The highest BCUT2D eigenvalue weighted by Crippen LogP contribution is 2.40. The molecule has 2 amide bonds. The van der Waals surface area contributed by atoms with Crippen LogP contribution in [0.15, 0.2) is 12.1 Å². The zero-order valence-electron chi connectivity index (χ0n) is 17.7. The molecule has 2 fully saturated rings. The summed E-state index contributed by atoms with van der Waals surface area (Å²) in [6, 6.07) is 3.45.